The first-order valence-corrected chi connectivity index (χ1v) is 8.89. The molecule has 0 heterocycles. The Morgan fingerprint density at radius 3 is 2.29 bits per heavy atom. The molecule has 7 nitrogen and oxygen atoms in total. The van der Waals surface area contributed by atoms with Crippen LogP contribution < -0.4 is 15.4 Å². The number of ether oxygens (including phenoxy) is 1. The number of anilines is 1. The Kier molecular flexibility index (Phi) is 6.76. The maximum atomic E-state index is 12.3. The zero-order chi connectivity index (χ0) is 20.7. The molecule has 2 aromatic rings. The highest BCUT2D eigenvalue weighted by Gasteiger charge is 2.29. The quantitative estimate of drug-likeness (QED) is 0.649. The molecular weight excluding hydrogens is 360 g/mol. The molecule has 0 aliphatic heterocycles. The molecule has 0 spiro atoms. The first kappa shape index (κ1) is 21.0. The zero-order valence-corrected chi connectivity index (χ0v) is 16.1. The predicted octanol–water partition coefficient (Wildman–Crippen LogP) is 2.82. The SMILES string of the molecule is CCOc1ccccc1C(=O)NCC(=O)Nc1ccc(C(C)(C)C(=O)O)cc1. The molecule has 2 rings (SSSR count). The van der Waals surface area contributed by atoms with Gasteiger partial charge in [-0.15, -0.1) is 0 Å². The van der Waals surface area contributed by atoms with E-state index in [0.29, 0.717) is 29.2 Å². The number of rotatable bonds is 8. The van der Waals surface area contributed by atoms with Gasteiger partial charge in [-0.1, -0.05) is 24.3 Å². The molecule has 2 amide bonds. The standard InChI is InChI=1S/C21H24N2O5/c1-4-28-17-8-6-5-7-16(17)19(25)22-13-18(24)23-15-11-9-14(10-12-15)21(2,3)20(26)27/h5-12H,4,13H2,1-3H3,(H,22,25)(H,23,24)(H,26,27). The van der Waals surface area contributed by atoms with Crippen molar-refractivity contribution in [1.82, 2.24) is 5.32 Å². The summed E-state index contributed by atoms with van der Waals surface area (Å²) in [6.07, 6.45) is 0. The molecule has 3 N–H and O–H groups in total. The van der Waals surface area contributed by atoms with Gasteiger partial charge in [0.2, 0.25) is 5.91 Å². The lowest BCUT2D eigenvalue weighted by Crippen LogP contribution is -2.33. The maximum Gasteiger partial charge on any atom is 0.313 e. The van der Waals surface area contributed by atoms with Crippen molar-refractivity contribution in [2.24, 2.45) is 0 Å². The third-order valence-electron chi connectivity index (χ3n) is 4.27. The van der Waals surface area contributed by atoms with Gasteiger partial charge in [-0.05, 0) is 50.6 Å². The Balaban J connectivity index is 1.94. The van der Waals surface area contributed by atoms with Crippen molar-refractivity contribution in [2.75, 3.05) is 18.5 Å². The Bertz CT molecular complexity index is 859. The average molecular weight is 384 g/mol. The topological polar surface area (TPSA) is 105 Å². The van der Waals surface area contributed by atoms with Crippen molar-refractivity contribution in [3.8, 4) is 5.75 Å². The molecule has 28 heavy (non-hydrogen) atoms. The second kappa shape index (κ2) is 9.03. The monoisotopic (exact) mass is 384 g/mol. The third kappa shape index (κ3) is 5.09. The van der Waals surface area contributed by atoms with Gasteiger partial charge in [0.1, 0.15) is 5.75 Å². The van der Waals surface area contributed by atoms with E-state index in [4.69, 9.17) is 4.74 Å². The van der Waals surface area contributed by atoms with E-state index in [1.807, 2.05) is 6.92 Å². The van der Waals surface area contributed by atoms with Crippen LogP contribution in [0, 0.1) is 0 Å². The summed E-state index contributed by atoms with van der Waals surface area (Å²) in [4.78, 5) is 35.7. The van der Waals surface area contributed by atoms with Crippen molar-refractivity contribution < 1.29 is 24.2 Å². The van der Waals surface area contributed by atoms with Gasteiger partial charge < -0.3 is 20.5 Å². The number of para-hydroxylation sites is 1. The number of aliphatic carboxylic acids is 1. The van der Waals surface area contributed by atoms with Gasteiger partial charge in [-0.3, -0.25) is 14.4 Å². The van der Waals surface area contributed by atoms with E-state index in [1.165, 1.54) is 0 Å². The first-order chi connectivity index (χ1) is 13.3. The molecule has 0 bridgehead atoms. The number of hydrogen-bond acceptors (Lipinski definition) is 4. The molecule has 0 aromatic heterocycles. The van der Waals surface area contributed by atoms with Gasteiger partial charge in [0.05, 0.1) is 24.1 Å². The number of carbonyl (C=O) groups is 3. The molecule has 0 saturated carbocycles. The smallest absolute Gasteiger partial charge is 0.313 e. The second-order valence-corrected chi connectivity index (χ2v) is 6.67. The van der Waals surface area contributed by atoms with Crippen molar-refractivity contribution in [2.45, 2.75) is 26.2 Å². The second-order valence-electron chi connectivity index (χ2n) is 6.67. The van der Waals surface area contributed by atoms with E-state index in [2.05, 4.69) is 10.6 Å². The van der Waals surface area contributed by atoms with Crippen LogP contribution in [0.4, 0.5) is 5.69 Å². The normalized spacial score (nSPS) is 10.8. The summed E-state index contributed by atoms with van der Waals surface area (Å²) in [6.45, 7) is 5.27. The summed E-state index contributed by atoms with van der Waals surface area (Å²) in [5, 5.41) is 14.5. The van der Waals surface area contributed by atoms with Crippen LogP contribution >= 0.6 is 0 Å². The van der Waals surface area contributed by atoms with Crippen LogP contribution in [0.15, 0.2) is 48.5 Å². The minimum atomic E-state index is -1.02. The molecule has 0 atom stereocenters. The Hall–Kier alpha value is -3.35. The van der Waals surface area contributed by atoms with Crippen molar-refractivity contribution in [1.29, 1.82) is 0 Å². The lowest BCUT2D eigenvalue weighted by atomic mass is 9.85. The highest BCUT2D eigenvalue weighted by molar-refractivity contribution is 6.00. The minimum absolute atomic E-state index is 0.207. The summed E-state index contributed by atoms with van der Waals surface area (Å²) in [5.74, 6) is -1.27. The number of carboxylic acid groups (broad SMARTS) is 1. The van der Waals surface area contributed by atoms with Crippen molar-refractivity contribution in [3.63, 3.8) is 0 Å². The molecule has 148 valence electrons. The van der Waals surface area contributed by atoms with Crippen LogP contribution in [-0.4, -0.2) is 36.0 Å². The van der Waals surface area contributed by atoms with Gasteiger partial charge in [-0.25, -0.2) is 0 Å². The van der Waals surface area contributed by atoms with E-state index in [0.717, 1.165) is 0 Å². The Labute approximate surface area is 163 Å². The van der Waals surface area contributed by atoms with Crippen LogP contribution in [-0.2, 0) is 15.0 Å². The van der Waals surface area contributed by atoms with Gasteiger partial charge in [0.25, 0.3) is 5.91 Å². The fourth-order valence-electron chi connectivity index (χ4n) is 2.49. The number of amides is 2. The molecule has 0 aliphatic carbocycles. The van der Waals surface area contributed by atoms with Gasteiger partial charge in [0.15, 0.2) is 0 Å². The van der Waals surface area contributed by atoms with E-state index >= 15 is 0 Å². The summed E-state index contributed by atoms with van der Waals surface area (Å²) < 4.78 is 5.41. The van der Waals surface area contributed by atoms with E-state index in [-0.39, 0.29) is 6.54 Å². The summed E-state index contributed by atoms with van der Waals surface area (Å²) in [6, 6.07) is 13.4. The van der Waals surface area contributed by atoms with E-state index in [1.54, 1.807) is 62.4 Å². The fourth-order valence-corrected chi connectivity index (χ4v) is 2.49. The maximum absolute atomic E-state index is 12.3. The fraction of sp³-hybridized carbons (Fsp3) is 0.286. The van der Waals surface area contributed by atoms with Crippen LogP contribution in [0.2, 0.25) is 0 Å². The molecular formula is C21H24N2O5. The molecule has 0 aliphatic rings. The predicted molar refractivity (Wildman–Crippen MR) is 106 cm³/mol. The van der Waals surface area contributed by atoms with E-state index in [9.17, 15) is 19.5 Å². The number of carbonyl (C=O) groups excluding carboxylic acids is 2. The Morgan fingerprint density at radius 1 is 1.04 bits per heavy atom. The van der Waals surface area contributed by atoms with Crippen LogP contribution in [0.5, 0.6) is 5.75 Å². The average Bonchev–Trinajstić information content (AvgIpc) is 2.67. The molecule has 0 radical (unpaired) electrons. The largest absolute Gasteiger partial charge is 0.493 e. The number of nitrogens with one attached hydrogen (secondary N) is 2. The number of benzene rings is 2. The van der Waals surface area contributed by atoms with Crippen molar-refractivity contribution in [3.05, 3.63) is 59.7 Å². The lowest BCUT2D eigenvalue weighted by Gasteiger charge is -2.19. The molecule has 0 saturated heterocycles. The summed E-state index contributed by atoms with van der Waals surface area (Å²) in [7, 11) is 0. The highest BCUT2D eigenvalue weighted by atomic mass is 16.5. The lowest BCUT2D eigenvalue weighted by molar-refractivity contribution is -0.142. The highest BCUT2D eigenvalue weighted by Crippen LogP contribution is 2.24. The number of carboxylic acids is 1. The summed E-state index contributed by atoms with van der Waals surface area (Å²) >= 11 is 0. The van der Waals surface area contributed by atoms with Crippen LogP contribution in [0.25, 0.3) is 0 Å². The third-order valence-corrected chi connectivity index (χ3v) is 4.27. The van der Waals surface area contributed by atoms with Crippen LogP contribution in [0.1, 0.15) is 36.7 Å². The minimum Gasteiger partial charge on any atom is -0.493 e. The van der Waals surface area contributed by atoms with Gasteiger partial charge in [-0.2, -0.15) is 0 Å². The Morgan fingerprint density at radius 2 is 1.68 bits per heavy atom. The van der Waals surface area contributed by atoms with Gasteiger partial charge >= 0.3 is 5.97 Å². The molecule has 0 unspecified atom stereocenters. The van der Waals surface area contributed by atoms with Crippen molar-refractivity contribution >= 4 is 23.5 Å². The molecule has 0 fully saturated rings. The zero-order valence-electron chi connectivity index (χ0n) is 16.1. The number of hydrogen-bond donors (Lipinski definition) is 3. The van der Waals surface area contributed by atoms with E-state index < -0.39 is 23.2 Å². The molecule has 2 aromatic carbocycles. The molecule has 7 heteroatoms. The van der Waals surface area contributed by atoms with Crippen LogP contribution in [0.3, 0.4) is 0 Å². The van der Waals surface area contributed by atoms with Gasteiger partial charge in [0, 0.05) is 5.69 Å². The summed E-state index contributed by atoms with van der Waals surface area (Å²) in [5.41, 5.74) is 0.472. The first-order valence-electron chi connectivity index (χ1n) is 8.89.